The maximum absolute atomic E-state index is 11.3. The van der Waals surface area contributed by atoms with Gasteiger partial charge >= 0.3 is 0 Å². The molecule has 0 atom stereocenters. The average molecular weight is 216 g/mol. The summed E-state index contributed by atoms with van der Waals surface area (Å²) in [6, 6.07) is 1.65. The third kappa shape index (κ3) is 3.79. The van der Waals surface area contributed by atoms with E-state index in [-0.39, 0.29) is 5.91 Å². The van der Waals surface area contributed by atoms with Crippen molar-refractivity contribution in [3.05, 3.63) is 18.0 Å². The molecule has 0 aromatic carbocycles. The van der Waals surface area contributed by atoms with Crippen LogP contribution in [0.5, 0.6) is 0 Å². The van der Waals surface area contributed by atoms with E-state index >= 15 is 0 Å². The second kappa shape index (κ2) is 6.43. The number of hydrogen-bond donors (Lipinski definition) is 2. The molecule has 0 radical (unpaired) electrons. The lowest BCUT2D eigenvalue weighted by Gasteiger charge is -2.02. The van der Waals surface area contributed by atoms with Gasteiger partial charge in [0.05, 0.1) is 0 Å². The molecule has 1 aromatic rings. The number of H-pyrrole nitrogens is 1. The first-order chi connectivity index (χ1) is 6.84. The number of nitrogens with zero attached hydrogens (tertiary/aromatic N) is 1. The summed E-state index contributed by atoms with van der Waals surface area (Å²) in [7, 11) is 0. The molecule has 0 aliphatic carbocycles. The summed E-state index contributed by atoms with van der Waals surface area (Å²) in [4.78, 5) is 11.3. The predicted octanol–water partition coefficient (Wildman–Crippen LogP) is 1.55. The highest BCUT2D eigenvalue weighted by Gasteiger charge is 2.04. The Balaban J connectivity index is 2.10. The van der Waals surface area contributed by atoms with Crippen LogP contribution in [0.3, 0.4) is 0 Å². The van der Waals surface area contributed by atoms with E-state index in [1.165, 1.54) is 0 Å². The molecular weight excluding hydrogens is 202 g/mol. The van der Waals surface area contributed by atoms with Crippen LogP contribution in [0.4, 0.5) is 0 Å². The fourth-order valence-corrected chi connectivity index (χ4v) is 1.26. The molecule has 0 bridgehead atoms. The van der Waals surface area contributed by atoms with Gasteiger partial charge in [-0.05, 0) is 18.9 Å². The van der Waals surface area contributed by atoms with Gasteiger partial charge in [-0.1, -0.05) is 6.42 Å². The Morgan fingerprint density at radius 3 is 3.00 bits per heavy atom. The van der Waals surface area contributed by atoms with E-state index in [2.05, 4.69) is 15.5 Å². The number of halogens is 1. The number of hydrogen-bond acceptors (Lipinski definition) is 2. The van der Waals surface area contributed by atoms with Crippen LogP contribution in [0.2, 0.25) is 0 Å². The number of carbonyl (C=O) groups excluding carboxylic acids is 1. The van der Waals surface area contributed by atoms with Gasteiger partial charge in [0.2, 0.25) is 0 Å². The van der Waals surface area contributed by atoms with Gasteiger partial charge in [-0.2, -0.15) is 5.10 Å². The molecule has 0 saturated heterocycles. The summed E-state index contributed by atoms with van der Waals surface area (Å²) < 4.78 is 0. The van der Waals surface area contributed by atoms with Crippen molar-refractivity contribution >= 4 is 17.5 Å². The first-order valence-electron chi connectivity index (χ1n) is 4.68. The van der Waals surface area contributed by atoms with Crippen LogP contribution in [0, 0.1) is 0 Å². The first-order valence-corrected chi connectivity index (χ1v) is 5.21. The molecule has 5 heteroatoms. The Hall–Kier alpha value is -1.03. The number of amides is 1. The molecule has 14 heavy (non-hydrogen) atoms. The van der Waals surface area contributed by atoms with Crippen molar-refractivity contribution in [2.24, 2.45) is 0 Å². The summed E-state index contributed by atoms with van der Waals surface area (Å²) in [5.41, 5.74) is 0.502. The molecule has 0 aliphatic rings. The Kier molecular flexibility index (Phi) is 5.07. The lowest BCUT2D eigenvalue weighted by molar-refractivity contribution is 0.0948. The van der Waals surface area contributed by atoms with Crippen LogP contribution in [0.25, 0.3) is 0 Å². The van der Waals surface area contributed by atoms with Gasteiger partial charge in [0, 0.05) is 18.6 Å². The largest absolute Gasteiger partial charge is 0.351 e. The van der Waals surface area contributed by atoms with Crippen LogP contribution in [0.15, 0.2) is 12.3 Å². The van der Waals surface area contributed by atoms with Crippen molar-refractivity contribution in [3.63, 3.8) is 0 Å². The number of aromatic amines is 1. The van der Waals surface area contributed by atoms with Gasteiger partial charge in [-0.3, -0.25) is 9.89 Å². The molecule has 0 spiro atoms. The lowest BCUT2D eigenvalue weighted by atomic mass is 10.2. The fraction of sp³-hybridized carbons (Fsp3) is 0.556. The molecule has 1 aromatic heterocycles. The molecule has 0 fully saturated rings. The zero-order valence-corrected chi connectivity index (χ0v) is 8.68. The van der Waals surface area contributed by atoms with Crippen molar-refractivity contribution in [2.75, 3.05) is 12.4 Å². The van der Waals surface area contributed by atoms with Crippen LogP contribution >= 0.6 is 11.6 Å². The number of rotatable bonds is 6. The minimum absolute atomic E-state index is 0.103. The number of nitrogens with one attached hydrogen (secondary N) is 2. The van der Waals surface area contributed by atoms with Crippen LogP contribution in [0.1, 0.15) is 29.8 Å². The van der Waals surface area contributed by atoms with E-state index in [1.807, 2.05) is 0 Å². The molecule has 1 rings (SSSR count). The van der Waals surface area contributed by atoms with Gasteiger partial charge in [0.25, 0.3) is 5.91 Å². The highest BCUT2D eigenvalue weighted by atomic mass is 35.5. The maximum Gasteiger partial charge on any atom is 0.269 e. The summed E-state index contributed by atoms with van der Waals surface area (Å²) in [6.07, 6.45) is 4.57. The zero-order chi connectivity index (χ0) is 10.2. The maximum atomic E-state index is 11.3. The van der Waals surface area contributed by atoms with Gasteiger partial charge in [-0.15, -0.1) is 11.6 Å². The quantitative estimate of drug-likeness (QED) is 0.559. The van der Waals surface area contributed by atoms with E-state index in [1.54, 1.807) is 12.3 Å². The van der Waals surface area contributed by atoms with E-state index < -0.39 is 0 Å². The van der Waals surface area contributed by atoms with Gasteiger partial charge < -0.3 is 5.32 Å². The molecule has 0 aliphatic heterocycles. The van der Waals surface area contributed by atoms with Gasteiger partial charge in [0.15, 0.2) is 0 Å². The third-order valence-electron chi connectivity index (χ3n) is 1.84. The van der Waals surface area contributed by atoms with E-state index in [0.29, 0.717) is 18.1 Å². The minimum Gasteiger partial charge on any atom is -0.351 e. The normalized spacial score (nSPS) is 10.1. The van der Waals surface area contributed by atoms with Crippen molar-refractivity contribution in [1.82, 2.24) is 15.5 Å². The highest BCUT2D eigenvalue weighted by Crippen LogP contribution is 1.96. The minimum atomic E-state index is -0.103. The molecule has 0 saturated carbocycles. The SMILES string of the molecule is O=C(NCCCCCCl)c1ccn[nH]1. The number of aromatic nitrogens is 2. The number of carbonyl (C=O) groups is 1. The Morgan fingerprint density at radius 2 is 2.36 bits per heavy atom. The molecule has 1 heterocycles. The second-order valence-corrected chi connectivity index (χ2v) is 3.35. The van der Waals surface area contributed by atoms with Crippen molar-refractivity contribution < 1.29 is 4.79 Å². The van der Waals surface area contributed by atoms with Crippen molar-refractivity contribution in [3.8, 4) is 0 Å². The molecule has 2 N–H and O–H groups in total. The Labute approximate surface area is 88.0 Å². The smallest absolute Gasteiger partial charge is 0.269 e. The van der Waals surface area contributed by atoms with Crippen LogP contribution < -0.4 is 5.32 Å². The predicted molar refractivity (Wildman–Crippen MR) is 55.5 cm³/mol. The summed E-state index contributed by atoms with van der Waals surface area (Å²) in [5, 5.41) is 9.09. The summed E-state index contributed by atoms with van der Waals surface area (Å²) in [6.45, 7) is 0.689. The summed E-state index contributed by atoms with van der Waals surface area (Å²) >= 11 is 5.52. The second-order valence-electron chi connectivity index (χ2n) is 2.98. The van der Waals surface area contributed by atoms with Gasteiger partial charge in [-0.25, -0.2) is 0 Å². The topological polar surface area (TPSA) is 57.8 Å². The van der Waals surface area contributed by atoms with E-state index in [0.717, 1.165) is 19.3 Å². The average Bonchev–Trinajstić information content (AvgIpc) is 2.70. The monoisotopic (exact) mass is 215 g/mol. The molecule has 4 nitrogen and oxygen atoms in total. The standard InChI is InChI=1S/C9H14ClN3O/c10-5-2-1-3-6-11-9(14)8-4-7-12-13-8/h4,7H,1-3,5-6H2,(H,11,14)(H,12,13). The molecular formula is C9H14ClN3O. The Morgan fingerprint density at radius 1 is 1.50 bits per heavy atom. The number of alkyl halides is 1. The summed E-state index contributed by atoms with van der Waals surface area (Å²) in [5.74, 6) is 0.586. The molecule has 0 unspecified atom stereocenters. The highest BCUT2D eigenvalue weighted by molar-refractivity contribution is 6.17. The first kappa shape index (κ1) is 11.0. The van der Waals surface area contributed by atoms with Gasteiger partial charge in [0.1, 0.15) is 5.69 Å². The number of unbranched alkanes of at least 4 members (excludes halogenated alkanes) is 2. The van der Waals surface area contributed by atoms with Crippen LogP contribution in [-0.2, 0) is 0 Å². The van der Waals surface area contributed by atoms with E-state index in [4.69, 9.17) is 11.6 Å². The third-order valence-corrected chi connectivity index (χ3v) is 2.11. The molecule has 78 valence electrons. The van der Waals surface area contributed by atoms with Crippen LogP contribution in [-0.4, -0.2) is 28.5 Å². The zero-order valence-electron chi connectivity index (χ0n) is 7.92. The van der Waals surface area contributed by atoms with Crippen molar-refractivity contribution in [1.29, 1.82) is 0 Å². The molecule has 1 amide bonds. The van der Waals surface area contributed by atoms with Crippen molar-refractivity contribution in [2.45, 2.75) is 19.3 Å². The van der Waals surface area contributed by atoms with E-state index in [9.17, 15) is 4.79 Å². The lowest BCUT2D eigenvalue weighted by Crippen LogP contribution is -2.24. The fourth-order valence-electron chi connectivity index (χ4n) is 1.08. The Bertz CT molecular complexity index is 261.